The summed E-state index contributed by atoms with van der Waals surface area (Å²) >= 11 is 1.58. The number of halogens is 1. The monoisotopic (exact) mass is 515 g/mol. The van der Waals surface area contributed by atoms with Crippen LogP contribution >= 0.6 is 35.3 Å². The van der Waals surface area contributed by atoms with Gasteiger partial charge in [-0.15, -0.1) is 35.3 Å². The summed E-state index contributed by atoms with van der Waals surface area (Å²) in [5, 5.41) is 6.21. The van der Waals surface area contributed by atoms with E-state index >= 15 is 0 Å². The summed E-state index contributed by atoms with van der Waals surface area (Å²) in [6, 6.07) is 10.3. The van der Waals surface area contributed by atoms with Crippen LogP contribution in [0.15, 0.2) is 40.7 Å². The number of nitrogens with zero attached hydrogens (tertiary/aromatic N) is 3. The van der Waals surface area contributed by atoms with Crippen LogP contribution in [0.5, 0.6) is 0 Å². The van der Waals surface area contributed by atoms with Crippen molar-refractivity contribution in [1.29, 1.82) is 0 Å². The number of thiazole rings is 1. The molecule has 1 aliphatic rings. The van der Waals surface area contributed by atoms with E-state index in [2.05, 4.69) is 15.3 Å². The van der Waals surface area contributed by atoms with Gasteiger partial charge in [-0.3, -0.25) is 0 Å². The summed E-state index contributed by atoms with van der Waals surface area (Å²) in [7, 11) is 0. The quantitative estimate of drug-likeness (QED) is 0.362. The first-order chi connectivity index (χ1) is 13.2. The van der Waals surface area contributed by atoms with Crippen molar-refractivity contribution >= 4 is 47.4 Å². The Labute approximate surface area is 186 Å². The maximum atomic E-state index is 11.7. The van der Waals surface area contributed by atoms with Crippen LogP contribution in [-0.4, -0.2) is 47.7 Å². The van der Waals surface area contributed by atoms with Crippen molar-refractivity contribution in [2.45, 2.75) is 32.4 Å². The largest absolute Gasteiger partial charge is 0.450 e. The number of carbonyl (C=O) groups excluding carboxylic acids is 1. The van der Waals surface area contributed by atoms with Crippen molar-refractivity contribution in [3.05, 3.63) is 40.7 Å². The summed E-state index contributed by atoms with van der Waals surface area (Å²) in [4.78, 5) is 22.5. The van der Waals surface area contributed by atoms with Gasteiger partial charge in [0.25, 0.3) is 0 Å². The van der Waals surface area contributed by atoms with Crippen LogP contribution in [0.2, 0.25) is 0 Å². The molecule has 2 heterocycles. The van der Waals surface area contributed by atoms with Gasteiger partial charge < -0.3 is 20.7 Å². The van der Waals surface area contributed by atoms with Crippen LogP contribution in [0.4, 0.5) is 4.79 Å². The first-order valence-corrected chi connectivity index (χ1v) is 10.0. The predicted molar refractivity (Wildman–Crippen MR) is 123 cm³/mol. The van der Waals surface area contributed by atoms with E-state index in [-0.39, 0.29) is 36.1 Å². The van der Waals surface area contributed by atoms with E-state index in [1.807, 2.05) is 42.6 Å². The number of piperidine rings is 1. The molecule has 28 heavy (non-hydrogen) atoms. The lowest BCUT2D eigenvalue weighted by Crippen LogP contribution is -2.48. The third-order valence-electron chi connectivity index (χ3n) is 4.38. The SMILES string of the molecule is CCOC(=O)N1CCC(NC(N)=NCc2nc(-c3ccccc3)cs2)CC1.I. The number of rotatable bonds is 5. The van der Waals surface area contributed by atoms with E-state index in [1.165, 1.54) is 0 Å². The fourth-order valence-electron chi connectivity index (χ4n) is 2.95. The van der Waals surface area contributed by atoms with Crippen molar-refractivity contribution in [3.63, 3.8) is 0 Å². The van der Waals surface area contributed by atoms with Gasteiger partial charge in [0.1, 0.15) is 5.01 Å². The van der Waals surface area contributed by atoms with Gasteiger partial charge in [0, 0.05) is 30.1 Å². The van der Waals surface area contributed by atoms with Crippen LogP contribution in [0.25, 0.3) is 11.3 Å². The number of hydrogen-bond donors (Lipinski definition) is 2. The molecule has 152 valence electrons. The standard InChI is InChI=1S/C19H25N5O2S.HI/c1-2-26-19(25)24-10-8-15(9-11-24)22-18(20)21-12-17-23-16(13-27-17)14-6-4-3-5-7-14;/h3-7,13,15H,2,8-12H2,1H3,(H3,20,21,22);1H. The van der Waals surface area contributed by atoms with Crippen LogP contribution in [0, 0.1) is 0 Å². The Morgan fingerprint density at radius 3 is 2.75 bits per heavy atom. The van der Waals surface area contributed by atoms with Crippen molar-refractivity contribution in [2.75, 3.05) is 19.7 Å². The highest BCUT2D eigenvalue weighted by molar-refractivity contribution is 14.0. The molecular formula is C19H26IN5O2S. The van der Waals surface area contributed by atoms with E-state index in [1.54, 1.807) is 16.2 Å². The number of amides is 1. The van der Waals surface area contributed by atoms with Gasteiger partial charge in [-0.1, -0.05) is 30.3 Å². The lowest BCUT2D eigenvalue weighted by atomic mass is 10.1. The number of aromatic nitrogens is 1. The van der Waals surface area contributed by atoms with Crippen LogP contribution in [0.1, 0.15) is 24.8 Å². The summed E-state index contributed by atoms with van der Waals surface area (Å²) in [5.41, 5.74) is 8.09. The van der Waals surface area contributed by atoms with Crippen LogP contribution < -0.4 is 11.1 Å². The third-order valence-corrected chi connectivity index (χ3v) is 5.21. The summed E-state index contributed by atoms with van der Waals surface area (Å²) in [6.07, 6.45) is 1.41. The minimum atomic E-state index is -0.240. The highest BCUT2D eigenvalue weighted by Gasteiger charge is 2.23. The average Bonchev–Trinajstić information content (AvgIpc) is 3.17. The second-order valence-electron chi connectivity index (χ2n) is 6.30. The summed E-state index contributed by atoms with van der Waals surface area (Å²) in [5.74, 6) is 0.418. The van der Waals surface area contributed by atoms with Gasteiger partial charge in [0.2, 0.25) is 0 Å². The second kappa shape index (κ2) is 11.2. The first-order valence-electron chi connectivity index (χ1n) is 9.13. The predicted octanol–water partition coefficient (Wildman–Crippen LogP) is 3.45. The Morgan fingerprint density at radius 1 is 1.36 bits per heavy atom. The van der Waals surface area contributed by atoms with Gasteiger partial charge in [-0.2, -0.15) is 0 Å². The van der Waals surface area contributed by atoms with E-state index in [0.717, 1.165) is 29.1 Å². The molecule has 1 amide bonds. The number of ether oxygens (including phenoxy) is 1. The molecule has 0 atom stereocenters. The van der Waals surface area contributed by atoms with Crippen LogP contribution in [-0.2, 0) is 11.3 Å². The molecular weight excluding hydrogens is 489 g/mol. The molecule has 3 rings (SSSR count). The maximum Gasteiger partial charge on any atom is 0.409 e. The molecule has 1 fully saturated rings. The number of nitrogens with one attached hydrogen (secondary N) is 1. The number of aliphatic imine (C=N–C) groups is 1. The summed E-state index contributed by atoms with van der Waals surface area (Å²) in [6.45, 7) is 4.00. The zero-order valence-electron chi connectivity index (χ0n) is 15.8. The van der Waals surface area contributed by atoms with Gasteiger partial charge in [-0.05, 0) is 19.8 Å². The zero-order valence-corrected chi connectivity index (χ0v) is 19.0. The van der Waals surface area contributed by atoms with Crippen molar-refractivity contribution in [3.8, 4) is 11.3 Å². The molecule has 0 bridgehead atoms. The summed E-state index contributed by atoms with van der Waals surface area (Å²) < 4.78 is 5.03. The number of carbonyl (C=O) groups is 1. The van der Waals surface area contributed by atoms with Crippen LogP contribution in [0.3, 0.4) is 0 Å². The fraction of sp³-hybridized carbons (Fsp3) is 0.421. The molecule has 0 saturated carbocycles. The van der Waals surface area contributed by atoms with E-state index < -0.39 is 0 Å². The minimum absolute atomic E-state index is 0. The molecule has 1 aliphatic heterocycles. The van der Waals surface area contributed by atoms with E-state index in [4.69, 9.17) is 10.5 Å². The molecule has 2 aromatic rings. The van der Waals surface area contributed by atoms with E-state index in [9.17, 15) is 4.79 Å². The highest BCUT2D eigenvalue weighted by atomic mass is 127. The van der Waals surface area contributed by atoms with Gasteiger partial charge >= 0.3 is 6.09 Å². The molecule has 7 nitrogen and oxygen atoms in total. The Kier molecular flexibility index (Phi) is 8.97. The number of nitrogens with two attached hydrogens (primary N) is 1. The molecule has 1 saturated heterocycles. The first kappa shape index (κ1) is 22.4. The normalized spacial score (nSPS) is 15.0. The lowest BCUT2D eigenvalue weighted by Gasteiger charge is -2.31. The smallest absolute Gasteiger partial charge is 0.409 e. The van der Waals surface area contributed by atoms with Crippen molar-refractivity contribution in [1.82, 2.24) is 15.2 Å². The molecule has 0 radical (unpaired) electrons. The second-order valence-corrected chi connectivity index (χ2v) is 7.24. The molecule has 0 aliphatic carbocycles. The number of hydrogen-bond acceptors (Lipinski definition) is 5. The molecule has 3 N–H and O–H groups in total. The number of guanidine groups is 1. The fourth-order valence-corrected chi connectivity index (χ4v) is 3.68. The molecule has 1 aromatic heterocycles. The average molecular weight is 515 g/mol. The lowest BCUT2D eigenvalue weighted by molar-refractivity contribution is 0.0963. The number of likely N-dealkylation sites (tertiary alicyclic amines) is 1. The Balaban J connectivity index is 0.00000280. The topological polar surface area (TPSA) is 92.8 Å². The molecule has 0 spiro atoms. The van der Waals surface area contributed by atoms with Crippen molar-refractivity contribution in [2.24, 2.45) is 10.7 Å². The Morgan fingerprint density at radius 2 is 2.07 bits per heavy atom. The molecule has 9 heteroatoms. The Bertz CT molecular complexity index is 776. The van der Waals surface area contributed by atoms with Gasteiger partial charge in [0.15, 0.2) is 5.96 Å². The number of benzene rings is 1. The third kappa shape index (κ3) is 6.33. The maximum absolute atomic E-state index is 11.7. The molecule has 1 aromatic carbocycles. The van der Waals surface area contributed by atoms with E-state index in [0.29, 0.717) is 32.2 Å². The minimum Gasteiger partial charge on any atom is -0.450 e. The van der Waals surface area contributed by atoms with Gasteiger partial charge in [-0.25, -0.2) is 14.8 Å². The molecule has 0 unspecified atom stereocenters. The Hall–Kier alpha value is -1.88. The van der Waals surface area contributed by atoms with Gasteiger partial charge in [0.05, 0.1) is 18.8 Å². The zero-order chi connectivity index (χ0) is 19.1. The van der Waals surface area contributed by atoms with Crippen molar-refractivity contribution < 1.29 is 9.53 Å². The highest BCUT2D eigenvalue weighted by Crippen LogP contribution is 2.21.